The first-order chi connectivity index (χ1) is 16.9. The number of hydrogen-bond acceptors (Lipinski definition) is 5. The van der Waals surface area contributed by atoms with E-state index < -0.39 is 0 Å². The van der Waals surface area contributed by atoms with Gasteiger partial charge in [0.2, 0.25) is 0 Å². The monoisotopic (exact) mass is 488 g/mol. The fraction of sp³-hybridized carbons (Fsp3) is 0.222. The minimum Gasteiger partial charge on any atom is -0.497 e. The molecule has 0 spiro atoms. The summed E-state index contributed by atoms with van der Waals surface area (Å²) in [5.41, 5.74) is 4.17. The predicted molar refractivity (Wildman–Crippen MR) is 142 cm³/mol. The van der Waals surface area contributed by atoms with Gasteiger partial charge in [0.15, 0.2) is 5.11 Å². The zero-order valence-electron chi connectivity index (χ0n) is 19.8. The van der Waals surface area contributed by atoms with Crippen LogP contribution in [0.1, 0.15) is 26.3 Å². The van der Waals surface area contributed by atoms with Gasteiger partial charge in [-0.25, -0.2) is 0 Å². The molecule has 3 aromatic carbocycles. The van der Waals surface area contributed by atoms with Crippen LogP contribution in [-0.2, 0) is 0 Å². The van der Waals surface area contributed by atoms with E-state index >= 15 is 0 Å². The maximum atomic E-state index is 12.8. The standard InChI is InChI=1S/C27H28N4O3S/c1-19-3-5-20(6-4-19)25(32)29-27(35)28-22-9-11-23(12-10-22)30-15-17-31(18-16-30)26(33)21-7-13-24(34-2)14-8-21/h3-14H,15-18H2,1-2H3,(H2,28,29,32,35). The van der Waals surface area contributed by atoms with Crippen molar-refractivity contribution in [2.24, 2.45) is 0 Å². The van der Waals surface area contributed by atoms with Crippen LogP contribution in [-0.4, -0.2) is 55.1 Å². The number of hydrogen-bond donors (Lipinski definition) is 2. The molecule has 1 saturated heterocycles. The minimum atomic E-state index is -0.249. The van der Waals surface area contributed by atoms with E-state index in [2.05, 4.69) is 15.5 Å². The average molecular weight is 489 g/mol. The number of carbonyl (C=O) groups excluding carboxylic acids is 2. The smallest absolute Gasteiger partial charge is 0.257 e. The number of aryl methyl sites for hydroxylation is 1. The third kappa shape index (κ3) is 6.16. The lowest BCUT2D eigenvalue weighted by Crippen LogP contribution is -2.48. The summed E-state index contributed by atoms with van der Waals surface area (Å²) in [6.07, 6.45) is 0. The van der Waals surface area contributed by atoms with Crippen LogP contribution >= 0.6 is 12.2 Å². The Morgan fingerprint density at radius 3 is 2.03 bits per heavy atom. The second-order valence-corrected chi connectivity index (χ2v) is 8.74. The number of rotatable bonds is 5. The number of methoxy groups -OCH3 is 1. The first-order valence-corrected chi connectivity index (χ1v) is 11.8. The third-order valence-electron chi connectivity index (χ3n) is 5.93. The molecule has 0 unspecified atom stereocenters. The molecule has 180 valence electrons. The minimum absolute atomic E-state index is 0.0352. The van der Waals surface area contributed by atoms with Crippen LogP contribution < -0.4 is 20.3 Å². The molecule has 2 N–H and O–H groups in total. The molecule has 1 aliphatic heterocycles. The van der Waals surface area contributed by atoms with Crippen LogP contribution in [0.5, 0.6) is 5.75 Å². The van der Waals surface area contributed by atoms with Crippen LogP contribution in [0.15, 0.2) is 72.8 Å². The van der Waals surface area contributed by atoms with Crippen LogP contribution in [0.3, 0.4) is 0 Å². The lowest BCUT2D eigenvalue weighted by Gasteiger charge is -2.36. The summed E-state index contributed by atoms with van der Waals surface area (Å²) in [6.45, 7) is 4.78. The van der Waals surface area contributed by atoms with Crippen LogP contribution in [0.2, 0.25) is 0 Å². The summed E-state index contributed by atoms with van der Waals surface area (Å²) in [5.74, 6) is 0.521. The summed E-state index contributed by atoms with van der Waals surface area (Å²) < 4.78 is 5.16. The zero-order valence-corrected chi connectivity index (χ0v) is 20.6. The Balaban J connectivity index is 1.27. The second kappa shape index (κ2) is 11.0. The van der Waals surface area contributed by atoms with Crippen molar-refractivity contribution >= 4 is 40.5 Å². The Labute approximate surface area is 210 Å². The van der Waals surface area contributed by atoms with Crippen molar-refractivity contribution in [2.75, 3.05) is 43.5 Å². The van der Waals surface area contributed by atoms with E-state index in [9.17, 15) is 9.59 Å². The Bertz CT molecular complexity index is 1190. The normalized spacial score (nSPS) is 13.2. The third-order valence-corrected chi connectivity index (χ3v) is 6.14. The van der Waals surface area contributed by atoms with Gasteiger partial charge in [-0.3, -0.25) is 14.9 Å². The quantitative estimate of drug-likeness (QED) is 0.527. The van der Waals surface area contributed by atoms with Gasteiger partial charge in [-0.15, -0.1) is 0 Å². The van der Waals surface area contributed by atoms with Gasteiger partial charge in [0.25, 0.3) is 11.8 Å². The molecule has 0 bridgehead atoms. The van der Waals surface area contributed by atoms with Gasteiger partial charge in [0.1, 0.15) is 5.75 Å². The molecule has 7 nitrogen and oxygen atoms in total. The van der Waals surface area contributed by atoms with Gasteiger partial charge in [-0.1, -0.05) is 17.7 Å². The molecule has 0 radical (unpaired) electrons. The number of ether oxygens (including phenoxy) is 1. The summed E-state index contributed by atoms with van der Waals surface area (Å²) in [6, 6.07) is 22.4. The zero-order chi connectivity index (χ0) is 24.8. The summed E-state index contributed by atoms with van der Waals surface area (Å²) in [5, 5.41) is 6.00. The number of benzene rings is 3. The summed E-state index contributed by atoms with van der Waals surface area (Å²) in [4.78, 5) is 29.2. The van der Waals surface area contributed by atoms with E-state index in [1.54, 1.807) is 43.5 Å². The van der Waals surface area contributed by atoms with Gasteiger partial charge in [0.05, 0.1) is 7.11 Å². The highest BCUT2D eigenvalue weighted by molar-refractivity contribution is 7.80. The van der Waals surface area contributed by atoms with E-state index in [1.165, 1.54) is 0 Å². The molecule has 2 amide bonds. The Morgan fingerprint density at radius 1 is 0.829 bits per heavy atom. The molecule has 8 heteroatoms. The summed E-state index contributed by atoms with van der Waals surface area (Å²) in [7, 11) is 1.61. The average Bonchev–Trinajstić information content (AvgIpc) is 2.89. The topological polar surface area (TPSA) is 73.9 Å². The van der Waals surface area contributed by atoms with Gasteiger partial charge >= 0.3 is 0 Å². The summed E-state index contributed by atoms with van der Waals surface area (Å²) >= 11 is 5.29. The van der Waals surface area contributed by atoms with Crippen molar-refractivity contribution in [3.05, 3.63) is 89.5 Å². The molecule has 0 saturated carbocycles. The fourth-order valence-corrected chi connectivity index (χ4v) is 4.09. The molecule has 35 heavy (non-hydrogen) atoms. The first-order valence-electron chi connectivity index (χ1n) is 11.4. The number of anilines is 2. The van der Waals surface area contributed by atoms with Crippen LogP contribution in [0.25, 0.3) is 0 Å². The highest BCUT2D eigenvalue weighted by Crippen LogP contribution is 2.21. The molecule has 4 rings (SSSR count). The lowest BCUT2D eigenvalue weighted by molar-refractivity contribution is 0.0746. The molecule has 1 heterocycles. The van der Waals surface area contributed by atoms with E-state index in [0.717, 1.165) is 35.8 Å². The maximum Gasteiger partial charge on any atom is 0.257 e. The maximum absolute atomic E-state index is 12.8. The predicted octanol–water partition coefficient (Wildman–Crippen LogP) is 4.09. The molecule has 3 aromatic rings. The van der Waals surface area contributed by atoms with Crippen molar-refractivity contribution in [2.45, 2.75) is 6.92 Å². The van der Waals surface area contributed by atoms with Crippen molar-refractivity contribution in [3.63, 3.8) is 0 Å². The first kappa shape index (κ1) is 24.2. The van der Waals surface area contributed by atoms with Crippen molar-refractivity contribution in [1.29, 1.82) is 0 Å². The number of carbonyl (C=O) groups is 2. The SMILES string of the molecule is COc1ccc(C(=O)N2CCN(c3ccc(NC(=S)NC(=O)c4ccc(C)cc4)cc3)CC2)cc1. The van der Waals surface area contributed by atoms with E-state index in [4.69, 9.17) is 17.0 Å². The second-order valence-electron chi connectivity index (χ2n) is 8.33. The number of nitrogens with one attached hydrogen (secondary N) is 2. The van der Waals surface area contributed by atoms with Crippen molar-refractivity contribution in [1.82, 2.24) is 10.2 Å². The van der Waals surface area contributed by atoms with Crippen molar-refractivity contribution in [3.8, 4) is 5.75 Å². The van der Waals surface area contributed by atoms with E-state index in [-0.39, 0.29) is 16.9 Å². The molecule has 1 fully saturated rings. The molecule has 0 aromatic heterocycles. The lowest BCUT2D eigenvalue weighted by atomic mass is 10.1. The van der Waals surface area contributed by atoms with Gasteiger partial charge in [0, 0.05) is 48.7 Å². The fourth-order valence-electron chi connectivity index (χ4n) is 3.88. The number of nitrogens with zero attached hydrogens (tertiary/aromatic N) is 2. The van der Waals surface area contributed by atoms with Gasteiger partial charge < -0.3 is 19.9 Å². The van der Waals surface area contributed by atoms with Crippen LogP contribution in [0, 0.1) is 6.92 Å². The molecular formula is C27H28N4O3S. The molecular weight excluding hydrogens is 460 g/mol. The van der Waals surface area contributed by atoms with E-state index in [0.29, 0.717) is 24.2 Å². The highest BCUT2D eigenvalue weighted by atomic mass is 32.1. The molecule has 1 aliphatic rings. The Morgan fingerprint density at radius 2 is 1.43 bits per heavy atom. The van der Waals surface area contributed by atoms with Crippen LogP contribution in [0.4, 0.5) is 11.4 Å². The molecule has 0 aliphatic carbocycles. The number of amides is 2. The van der Waals surface area contributed by atoms with Gasteiger partial charge in [-0.2, -0.15) is 0 Å². The largest absolute Gasteiger partial charge is 0.497 e. The highest BCUT2D eigenvalue weighted by Gasteiger charge is 2.22. The number of thiocarbonyl (C=S) groups is 1. The van der Waals surface area contributed by atoms with E-state index in [1.807, 2.05) is 48.2 Å². The Kier molecular flexibility index (Phi) is 7.62. The number of piperazine rings is 1. The van der Waals surface area contributed by atoms with Crippen molar-refractivity contribution < 1.29 is 14.3 Å². The molecule has 0 atom stereocenters. The Hall–Kier alpha value is -3.91. The van der Waals surface area contributed by atoms with Gasteiger partial charge in [-0.05, 0) is 79.8 Å².